The molecule has 6 nitrogen and oxygen atoms in total. The molecule has 0 bridgehead atoms. The Kier molecular flexibility index (Phi) is 6.02. The SMILES string of the molecule is CC(C)C(C)(COC(N)=O)COC(=O)Nc1ccccc1. The molecule has 1 unspecified atom stereocenters. The normalized spacial score (nSPS) is 13.3. The Morgan fingerprint density at radius 1 is 1.19 bits per heavy atom. The average molecular weight is 294 g/mol. The molecule has 3 N–H and O–H groups in total. The number of nitrogens with two attached hydrogens (primary N) is 1. The zero-order chi connectivity index (χ0) is 15.9. The summed E-state index contributed by atoms with van der Waals surface area (Å²) in [6, 6.07) is 9.01. The van der Waals surface area contributed by atoms with Crippen LogP contribution < -0.4 is 11.1 Å². The lowest BCUT2D eigenvalue weighted by Gasteiger charge is -2.32. The molecule has 21 heavy (non-hydrogen) atoms. The molecule has 2 amide bonds. The number of nitrogens with one attached hydrogen (secondary N) is 1. The van der Waals surface area contributed by atoms with Crippen molar-refractivity contribution < 1.29 is 19.1 Å². The van der Waals surface area contributed by atoms with Gasteiger partial charge in [0, 0.05) is 11.1 Å². The number of anilines is 1. The summed E-state index contributed by atoms with van der Waals surface area (Å²) >= 11 is 0. The van der Waals surface area contributed by atoms with Gasteiger partial charge in [0.1, 0.15) is 13.2 Å². The molecule has 0 aromatic heterocycles. The van der Waals surface area contributed by atoms with Crippen molar-refractivity contribution in [3.8, 4) is 0 Å². The van der Waals surface area contributed by atoms with Crippen LogP contribution >= 0.6 is 0 Å². The van der Waals surface area contributed by atoms with Crippen LogP contribution in [0.4, 0.5) is 15.3 Å². The molecule has 0 aliphatic carbocycles. The van der Waals surface area contributed by atoms with Crippen LogP contribution in [-0.4, -0.2) is 25.4 Å². The van der Waals surface area contributed by atoms with E-state index in [1.54, 1.807) is 12.1 Å². The maximum absolute atomic E-state index is 11.8. The second-order valence-corrected chi connectivity index (χ2v) is 5.48. The number of hydrogen-bond acceptors (Lipinski definition) is 4. The van der Waals surface area contributed by atoms with E-state index in [-0.39, 0.29) is 19.1 Å². The number of hydrogen-bond donors (Lipinski definition) is 2. The van der Waals surface area contributed by atoms with Gasteiger partial charge in [-0.25, -0.2) is 9.59 Å². The first kappa shape index (κ1) is 16.8. The van der Waals surface area contributed by atoms with Crippen LogP contribution in [0.2, 0.25) is 0 Å². The van der Waals surface area contributed by atoms with Gasteiger partial charge in [0.2, 0.25) is 0 Å². The summed E-state index contributed by atoms with van der Waals surface area (Å²) < 4.78 is 10.1. The zero-order valence-corrected chi connectivity index (χ0v) is 12.6. The molecule has 0 spiro atoms. The summed E-state index contributed by atoms with van der Waals surface area (Å²) in [7, 11) is 0. The largest absolute Gasteiger partial charge is 0.449 e. The molecule has 1 atom stereocenters. The Balaban J connectivity index is 2.52. The molecule has 0 aliphatic rings. The van der Waals surface area contributed by atoms with Crippen LogP contribution in [0.25, 0.3) is 0 Å². The summed E-state index contributed by atoms with van der Waals surface area (Å²) in [6.07, 6.45) is -1.39. The monoisotopic (exact) mass is 294 g/mol. The van der Waals surface area contributed by atoms with E-state index in [1.807, 2.05) is 39.0 Å². The third-order valence-electron chi connectivity index (χ3n) is 3.49. The first-order valence-electron chi connectivity index (χ1n) is 6.74. The lowest BCUT2D eigenvalue weighted by Crippen LogP contribution is -2.37. The van der Waals surface area contributed by atoms with Crippen molar-refractivity contribution in [1.29, 1.82) is 0 Å². The number of benzene rings is 1. The molecular weight excluding hydrogens is 272 g/mol. The van der Waals surface area contributed by atoms with E-state index in [0.29, 0.717) is 5.69 Å². The molecule has 1 rings (SSSR count). The Morgan fingerprint density at radius 3 is 2.29 bits per heavy atom. The van der Waals surface area contributed by atoms with E-state index in [2.05, 4.69) is 5.32 Å². The third-order valence-corrected chi connectivity index (χ3v) is 3.49. The molecule has 0 aliphatic heterocycles. The first-order chi connectivity index (χ1) is 9.83. The number of carbonyl (C=O) groups is 2. The Hall–Kier alpha value is -2.24. The topological polar surface area (TPSA) is 90.7 Å². The first-order valence-corrected chi connectivity index (χ1v) is 6.74. The minimum Gasteiger partial charge on any atom is -0.449 e. The van der Waals surface area contributed by atoms with Gasteiger partial charge in [0.25, 0.3) is 0 Å². The van der Waals surface area contributed by atoms with Crippen LogP contribution in [0, 0.1) is 11.3 Å². The van der Waals surface area contributed by atoms with E-state index in [1.165, 1.54) is 0 Å². The Morgan fingerprint density at radius 2 is 1.76 bits per heavy atom. The van der Waals surface area contributed by atoms with Crippen molar-refractivity contribution in [2.75, 3.05) is 18.5 Å². The third kappa shape index (κ3) is 5.72. The van der Waals surface area contributed by atoms with Gasteiger partial charge in [-0.2, -0.15) is 0 Å². The maximum Gasteiger partial charge on any atom is 0.411 e. The van der Waals surface area contributed by atoms with Crippen molar-refractivity contribution in [2.45, 2.75) is 20.8 Å². The molecule has 0 saturated heterocycles. The highest BCUT2D eigenvalue weighted by molar-refractivity contribution is 5.84. The number of ether oxygens (including phenoxy) is 2. The van der Waals surface area contributed by atoms with Gasteiger partial charge < -0.3 is 15.2 Å². The van der Waals surface area contributed by atoms with Gasteiger partial charge in [0.15, 0.2) is 0 Å². The van der Waals surface area contributed by atoms with Crippen LogP contribution in [0.15, 0.2) is 30.3 Å². The van der Waals surface area contributed by atoms with Gasteiger partial charge in [-0.1, -0.05) is 39.0 Å². The fraction of sp³-hybridized carbons (Fsp3) is 0.467. The summed E-state index contributed by atoms with van der Waals surface area (Å²) in [5.41, 5.74) is 5.13. The number of amides is 2. The number of para-hydroxylation sites is 1. The Labute approximate surface area is 124 Å². The summed E-state index contributed by atoms with van der Waals surface area (Å²) in [5.74, 6) is 0.140. The highest BCUT2D eigenvalue weighted by Crippen LogP contribution is 2.28. The van der Waals surface area contributed by atoms with Gasteiger partial charge in [0.05, 0.1) is 0 Å². The van der Waals surface area contributed by atoms with Crippen molar-refractivity contribution in [2.24, 2.45) is 17.1 Å². The fourth-order valence-electron chi connectivity index (χ4n) is 1.52. The summed E-state index contributed by atoms with van der Waals surface area (Å²) in [4.78, 5) is 22.5. The van der Waals surface area contributed by atoms with Crippen LogP contribution in [0.1, 0.15) is 20.8 Å². The molecule has 0 saturated carbocycles. The van der Waals surface area contributed by atoms with Crippen LogP contribution in [0.3, 0.4) is 0 Å². The molecule has 0 heterocycles. The number of carbonyl (C=O) groups excluding carboxylic acids is 2. The minimum absolute atomic E-state index is 0.0959. The lowest BCUT2D eigenvalue weighted by atomic mass is 9.81. The standard InChI is InChI=1S/C15H22N2O4/c1-11(2)15(3,9-20-13(16)18)10-21-14(19)17-12-7-5-4-6-8-12/h4-8,11H,9-10H2,1-3H3,(H2,16,18)(H,17,19). The lowest BCUT2D eigenvalue weighted by molar-refractivity contribution is 0.0152. The minimum atomic E-state index is -0.837. The molecule has 116 valence electrons. The van der Waals surface area contributed by atoms with Crippen molar-refractivity contribution in [3.63, 3.8) is 0 Å². The second-order valence-electron chi connectivity index (χ2n) is 5.48. The van der Waals surface area contributed by atoms with Gasteiger partial charge >= 0.3 is 12.2 Å². The molecule has 6 heteroatoms. The van der Waals surface area contributed by atoms with E-state index in [4.69, 9.17) is 15.2 Å². The van der Waals surface area contributed by atoms with Gasteiger partial charge in [-0.05, 0) is 18.1 Å². The van der Waals surface area contributed by atoms with E-state index in [0.717, 1.165) is 0 Å². The number of primary amides is 1. The second kappa shape index (κ2) is 7.52. The van der Waals surface area contributed by atoms with Crippen molar-refractivity contribution >= 4 is 17.9 Å². The highest BCUT2D eigenvalue weighted by atomic mass is 16.6. The van der Waals surface area contributed by atoms with Crippen molar-refractivity contribution in [1.82, 2.24) is 0 Å². The van der Waals surface area contributed by atoms with Crippen LogP contribution in [0.5, 0.6) is 0 Å². The molecular formula is C15H22N2O4. The van der Waals surface area contributed by atoms with Gasteiger partial charge in [-0.3, -0.25) is 5.32 Å². The molecule has 0 radical (unpaired) electrons. The number of rotatable bonds is 6. The van der Waals surface area contributed by atoms with E-state index < -0.39 is 17.6 Å². The molecule has 0 fully saturated rings. The quantitative estimate of drug-likeness (QED) is 0.843. The summed E-state index contributed by atoms with van der Waals surface area (Å²) in [5, 5.41) is 2.62. The predicted octanol–water partition coefficient (Wildman–Crippen LogP) is 2.99. The van der Waals surface area contributed by atoms with Crippen molar-refractivity contribution in [3.05, 3.63) is 30.3 Å². The molecule has 1 aromatic carbocycles. The smallest absolute Gasteiger partial charge is 0.411 e. The van der Waals surface area contributed by atoms with E-state index >= 15 is 0 Å². The van der Waals surface area contributed by atoms with Gasteiger partial charge in [-0.15, -0.1) is 0 Å². The zero-order valence-electron chi connectivity index (χ0n) is 12.6. The summed E-state index contributed by atoms with van der Waals surface area (Å²) in [6.45, 7) is 6.01. The predicted molar refractivity (Wildman–Crippen MR) is 79.9 cm³/mol. The van der Waals surface area contributed by atoms with Crippen LogP contribution in [-0.2, 0) is 9.47 Å². The molecule has 1 aromatic rings. The highest BCUT2D eigenvalue weighted by Gasteiger charge is 2.32. The van der Waals surface area contributed by atoms with E-state index in [9.17, 15) is 9.59 Å². The fourth-order valence-corrected chi connectivity index (χ4v) is 1.52. The maximum atomic E-state index is 11.8. The average Bonchev–Trinajstić information content (AvgIpc) is 2.44. The Bertz CT molecular complexity index is 476.